The summed E-state index contributed by atoms with van der Waals surface area (Å²) in [5.74, 6) is 0. The molecule has 2 aliphatic heterocycles. The lowest BCUT2D eigenvalue weighted by atomic mass is 9.60. The molecule has 0 unspecified atom stereocenters. The van der Waals surface area contributed by atoms with E-state index in [1.807, 2.05) is 25.7 Å². The first-order valence-electron chi connectivity index (χ1n) is 5.96. The van der Waals surface area contributed by atoms with Crippen molar-refractivity contribution in [2.45, 2.75) is 51.7 Å². The Kier molecular flexibility index (Phi) is 2.65. The minimum absolute atomic E-state index is 0.114. The van der Waals surface area contributed by atoms with Crippen LogP contribution in [0.1, 0.15) is 40.0 Å². The topological polar surface area (TPSA) is 49.8 Å². The number of aliphatic hydroxyl groups is 1. The van der Waals surface area contributed by atoms with Crippen molar-refractivity contribution in [2.75, 3.05) is 13.2 Å². The smallest absolute Gasteiger partial charge is 0.410 e. The SMILES string of the molecule is CC(C)(C)OC(=O)N1CCC2(CO)CC1C2. The molecule has 1 aliphatic carbocycles. The molecule has 0 aromatic rings. The first kappa shape index (κ1) is 11.7. The monoisotopic (exact) mass is 227 g/mol. The van der Waals surface area contributed by atoms with Gasteiger partial charge in [-0.2, -0.15) is 0 Å². The molecule has 3 fully saturated rings. The number of piperidine rings is 2. The molecule has 92 valence electrons. The van der Waals surface area contributed by atoms with Gasteiger partial charge in [0.15, 0.2) is 0 Å². The van der Waals surface area contributed by atoms with Gasteiger partial charge in [0.1, 0.15) is 5.60 Å². The molecule has 3 rings (SSSR count). The summed E-state index contributed by atoms with van der Waals surface area (Å²) in [6.07, 6.45) is 2.56. The van der Waals surface area contributed by atoms with Crippen molar-refractivity contribution in [1.29, 1.82) is 0 Å². The number of amides is 1. The van der Waals surface area contributed by atoms with Gasteiger partial charge in [0.25, 0.3) is 0 Å². The second-order valence-electron chi connectivity index (χ2n) is 6.14. The minimum Gasteiger partial charge on any atom is -0.444 e. The molecule has 1 saturated carbocycles. The van der Waals surface area contributed by atoms with Gasteiger partial charge in [-0.1, -0.05) is 0 Å². The standard InChI is InChI=1S/C12H21NO3/c1-11(2,3)16-10(15)13-5-4-12(8-14)6-9(13)7-12/h9,14H,4-8H2,1-3H3. The quantitative estimate of drug-likeness (QED) is 0.742. The molecule has 4 nitrogen and oxygen atoms in total. The zero-order chi connectivity index (χ0) is 12.0. The second kappa shape index (κ2) is 3.62. The van der Waals surface area contributed by atoms with Crippen molar-refractivity contribution in [1.82, 2.24) is 4.90 Å². The van der Waals surface area contributed by atoms with E-state index in [0.717, 1.165) is 25.8 Å². The van der Waals surface area contributed by atoms with Crippen LogP contribution in [0.25, 0.3) is 0 Å². The molecule has 2 saturated heterocycles. The fourth-order valence-corrected chi connectivity index (χ4v) is 2.67. The number of hydrogen-bond acceptors (Lipinski definition) is 3. The molecule has 0 aromatic carbocycles. The number of carbonyl (C=O) groups excluding carboxylic acids is 1. The highest BCUT2D eigenvalue weighted by Gasteiger charge is 2.52. The zero-order valence-corrected chi connectivity index (χ0v) is 10.3. The van der Waals surface area contributed by atoms with Crippen LogP contribution in [0.4, 0.5) is 4.79 Å². The summed E-state index contributed by atoms with van der Waals surface area (Å²) in [7, 11) is 0. The van der Waals surface area contributed by atoms with Crippen molar-refractivity contribution in [3.63, 3.8) is 0 Å². The number of rotatable bonds is 1. The Labute approximate surface area is 96.6 Å². The van der Waals surface area contributed by atoms with Crippen LogP contribution in [0.15, 0.2) is 0 Å². The Hall–Kier alpha value is -0.770. The van der Waals surface area contributed by atoms with E-state index in [9.17, 15) is 9.90 Å². The van der Waals surface area contributed by atoms with Crippen LogP contribution < -0.4 is 0 Å². The van der Waals surface area contributed by atoms with Gasteiger partial charge in [0.05, 0.1) is 0 Å². The van der Waals surface area contributed by atoms with E-state index in [0.29, 0.717) is 0 Å². The second-order valence-corrected chi connectivity index (χ2v) is 6.14. The third-order valence-electron chi connectivity index (χ3n) is 3.62. The summed E-state index contributed by atoms with van der Waals surface area (Å²) in [5, 5.41) is 9.26. The number of ether oxygens (including phenoxy) is 1. The van der Waals surface area contributed by atoms with Crippen LogP contribution in [0.5, 0.6) is 0 Å². The maximum absolute atomic E-state index is 11.9. The van der Waals surface area contributed by atoms with Crippen molar-refractivity contribution < 1.29 is 14.6 Å². The Morgan fingerprint density at radius 3 is 2.50 bits per heavy atom. The van der Waals surface area contributed by atoms with Crippen molar-refractivity contribution >= 4 is 6.09 Å². The summed E-state index contributed by atoms with van der Waals surface area (Å²) in [5.41, 5.74) is -0.310. The van der Waals surface area contributed by atoms with Gasteiger partial charge in [0, 0.05) is 19.2 Å². The van der Waals surface area contributed by atoms with Crippen LogP contribution >= 0.6 is 0 Å². The molecule has 0 atom stereocenters. The van der Waals surface area contributed by atoms with E-state index < -0.39 is 5.60 Å². The molecular weight excluding hydrogens is 206 g/mol. The fraction of sp³-hybridized carbons (Fsp3) is 0.917. The molecule has 3 aliphatic rings. The number of nitrogens with zero attached hydrogens (tertiary/aromatic N) is 1. The molecule has 2 heterocycles. The molecular formula is C12H21NO3. The highest BCUT2D eigenvalue weighted by atomic mass is 16.6. The van der Waals surface area contributed by atoms with E-state index >= 15 is 0 Å². The molecule has 0 spiro atoms. The molecule has 1 N–H and O–H groups in total. The molecule has 0 radical (unpaired) electrons. The van der Waals surface area contributed by atoms with Gasteiger partial charge in [-0.3, -0.25) is 0 Å². The van der Waals surface area contributed by atoms with Crippen LogP contribution in [0.3, 0.4) is 0 Å². The Morgan fingerprint density at radius 1 is 1.50 bits per heavy atom. The van der Waals surface area contributed by atoms with Gasteiger partial charge in [-0.15, -0.1) is 0 Å². The number of carbonyl (C=O) groups is 1. The number of aliphatic hydroxyl groups excluding tert-OH is 1. The maximum atomic E-state index is 11.9. The summed E-state index contributed by atoms with van der Waals surface area (Å²) >= 11 is 0. The predicted molar refractivity (Wildman–Crippen MR) is 60.1 cm³/mol. The first-order chi connectivity index (χ1) is 7.35. The molecule has 0 aromatic heterocycles. The molecule has 2 bridgehead atoms. The minimum atomic E-state index is -0.424. The summed E-state index contributed by atoms with van der Waals surface area (Å²) in [6, 6.07) is 0.288. The van der Waals surface area contributed by atoms with Crippen LogP contribution in [-0.2, 0) is 4.74 Å². The normalized spacial score (nSPS) is 33.2. The number of hydrogen-bond donors (Lipinski definition) is 1. The van der Waals surface area contributed by atoms with Gasteiger partial charge in [-0.25, -0.2) is 4.79 Å². The van der Waals surface area contributed by atoms with E-state index in [2.05, 4.69) is 0 Å². The Balaban J connectivity index is 1.92. The van der Waals surface area contributed by atoms with Crippen LogP contribution in [0.2, 0.25) is 0 Å². The number of fused-ring (bicyclic) bond motifs is 2. The average Bonchev–Trinajstić information content (AvgIpc) is 2.13. The van der Waals surface area contributed by atoms with Crippen molar-refractivity contribution in [3.05, 3.63) is 0 Å². The maximum Gasteiger partial charge on any atom is 0.410 e. The lowest BCUT2D eigenvalue weighted by Crippen LogP contribution is -2.61. The molecule has 1 amide bonds. The predicted octanol–water partition coefficient (Wildman–Crippen LogP) is 1.77. The van der Waals surface area contributed by atoms with Crippen LogP contribution in [-0.4, -0.2) is 40.9 Å². The Bertz CT molecular complexity index is 284. The van der Waals surface area contributed by atoms with Crippen LogP contribution in [0, 0.1) is 5.41 Å². The summed E-state index contributed by atoms with van der Waals surface area (Å²) in [4.78, 5) is 13.7. The van der Waals surface area contributed by atoms with E-state index in [-0.39, 0.29) is 24.2 Å². The first-order valence-corrected chi connectivity index (χ1v) is 5.96. The van der Waals surface area contributed by atoms with E-state index in [1.165, 1.54) is 0 Å². The third kappa shape index (κ3) is 2.03. The molecule has 4 heteroatoms. The van der Waals surface area contributed by atoms with Gasteiger partial charge in [-0.05, 0) is 45.4 Å². The van der Waals surface area contributed by atoms with Crippen molar-refractivity contribution in [3.8, 4) is 0 Å². The third-order valence-corrected chi connectivity index (χ3v) is 3.62. The lowest BCUT2D eigenvalue weighted by Gasteiger charge is -2.56. The van der Waals surface area contributed by atoms with Gasteiger partial charge >= 0.3 is 6.09 Å². The largest absolute Gasteiger partial charge is 0.444 e. The highest BCUT2D eigenvalue weighted by Crippen LogP contribution is 2.50. The average molecular weight is 227 g/mol. The summed E-state index contributed by atoms with van der Waals surface area (Å²) < 4.78 is 5.36. The Morgan fingerprint density at radius 2 is 2.12 bits per heavy atom. The molecule has 16 heavy (non-hydrogen) atoms. The van der Waals surface area contributed by atoms with Crippen molar-refractivity contribution in [2.24, 2.45) is 5.41 Å². The van der Waals surface area contributed by atoms with E-state index in [1.54, 1.807) is 0 Å². The zero-order valence-electron chi connectivity index (χ0n) is 10.3. The van der Waals surface area contributed by atoms with E-state index in [4.69, 9.17) is 4.74 Å². The summed E-state index contributed by atoms with van der Waals surface area (Å²) in [6.45, 7) is 6.63. The fourth-order valence-electron chi connectivity index (χ4n) is 2.67. The van der Waals surface area contributed by atoms with Gasteiger partial charge < -0.3 is 14.7 Å². The van der Waals surface area contributed by atoms with Gasteiger partial charge in [0.2, 0.25) is 0 Å². The lowest BCUT2D eigenvalue weighted by molar-refractivity contribution is -0.0935. The highest BCUT2D eigenvalue weighted by molar-refractivity contribution is 5.69.